The van der Waals surface area contributed by atoms with Gasteiger partial charge in [0.05, 0.1) is 33.6 Å². The molecule has 0 N–H and O–H groups in total. The van der Waals surface area contributed by atoms with Gasteiger partial charge < -0.3 is 4.57 Å². The number of rotatable bonds is 6. The van der Waals surface area contributed by atoms with Crippen molar-refractivity contribution in [1.29, 1.82) is 0 Å². The van der Waals surface area contributed by atoms with Crippen LogP contribution in [-0.4, -0.2) is 38.4 Å². The summed E-state index contributed by atoms with van der Waals surface area (Å²) in [5, 5.41) is 0.134. The Balaban J connectivity index is 1.74. The van der Waals surface area contributed by atoms with Gasteiger partial charge in [0.15, 0.2) is 9.84 Å². The highest BCUT2D eigenvalue weighted by molar-refractivity contribution is 7.91. The summed E-state index contributed by atoms with van der Waals surface area (Å²) < 4.78 is 55.2. The molecule has 0 saturated carbocycles. The summed E-state index contributed by atoms with van der Waals surface area (Å²) in [4.78, 5) is 12.1. The van der Waals surface area contributed by atoms with Gasteiger partial charge in [-0.3, -0.25) is 4.21 Å². The first-order chi connectivity index (χ1) is 16.7. The molecular weight excluding hydrogens is 487 g/mol. The molecule has 1 aliphatic heterocycles. The van der Waals surface area contributed by atoms with Gasteiger partial charge in [-0.1, -0.05) is 30.3 Å². The number of fused-ring (bicyclic) bond motifs is 1. The second-order valence-electron chi connectivity index (χ2n) is 8.67. The third-order valence-electron chi connectivity index (χ3n) is 6.35. The predicted octanol–water partition coefficient (Wildman–Crippen LogP) is 4.12. The minimum atomic E-state index is -3.70. The van der Waals surface area contributed by atoms with Crippen LogP contribution in [0.15, 0.2) is 72.0 Å². The quantitative estimate of drug-likeness (QED) is 0.362. The van der Waals surface area contributed by atoms with Gasteiger partial charge >= 0.3 is 0 Å². The molecule has 7 nitrogen and oxygen atoms in total. The van der Waals surface area contributed by atoms with E-state index in [2.05, 4.69) is 9.97 Å². The zero-order valence-corrected chi connectivity index (χ0v) is 20.8. The summed E-state index contributed by atoms with van der Waals surface area (Å²) in [5.74, 6) is 0.0978. The summed E-state index contributed by atoms with van der Waals surface area (Å²) in [7, 11) is -5.13. The number of benzene rings is 2. The van der Waals surface area contributed by atoms with E-state index in [1.165, 1.54) is 24.6 Å². The van der Waals surface area contributed by atoms with Crippen molar-refractivity contribution >= 4 is 20.6 Å². The lowest BCUT2D eigenvalue weighted by molar-refractivity contribution is 0.453. The Morgan fingerprint density at radius 1 is 1.06 bits per heavy atom. The van der Waals surface area contributed by atoms with Crippen LogP contribution in [0.3, 0.4) is 0 Å². The molecule has 180 valence electrons. The Kier molecular flexibility index (Phi) is 5.88. The summed E-state index contributed by atoms with van der Waals surface area (Å²) in [6.45, 7) is 1.71. The lowest BCUT2D eigenvalue weighted by Gasteiger charge is -2.29. The van der Waals surface area contributed by atoms with Crippen LogP contribution in [0, 0.1) is 5.82 Å². The van der Waals surface area contributed by atoms with Gasteiger partial charge in [0.2, 0.25) is 5.16 Å². The van der Waals surface area contributed by atoms with Crippen LogP contribution in [0.25, 0.3) is 22.6 Å². The van der Waals surface area contributed by atoms with Gasteiger partial charge in [-0.25, -0.2) is 27.8 Å². The second-order valence-corrected chi connectivity index (χ2v) is 12.3. The number of imidazole rings is 1. The molecule has 2 aromatic carbocycles. The van der Waals surface area contributed by atoms with Crippen LogP contribution in [0.4, 0.5) is 4.39 Å². The van der Waals surface area contributed by atoms with Crippen molar-refractivity contribution in [2.75, 3.05) is 6.26 Å². The van der Waals surface area contributed by atoms with E-state index in [0.717, 1.165) is 0 Å². The molecule has 0 amide bonds. The van der Waals surface area contributed by atoms with Crippen molar-refractivity contribution in [3.8, 4) is 22.6 Å². The van der Waals surface area contributed by atoms with Gasteiger partial charge in [0.1, 0.15) is 16.5 Å². The first-order valence-electron chi connectivity index (χ1n) is 11.0. The number of aryl methyl sites for hydroxylation is 1. The fourth-order valence-corrected chi connectivity index (χ4v) is 6.77. The molecule has 0 aliphatic carbocycles. The van der Waals surface area contributed by atoms with Crippen molar-refractivity contribution in [2.45, 2.75) is 35.5 Å². The van der Waals surface area contributed by atoms with Crippen molar-refractivity contribution in [1.82, 2.24) is 19.5 Å². The molecule has 0 fully saturated rings. The van der Waals surface area contributed by atoms with Crippen LogP contribution in [0.5, 0.6) is 0 Å². The Labute approximate surface area is 205 Å². The van der Waals surface area contributed by atoms with Crippen LogP contribution in [0.2, 0.25) is 0 Å². The molecule has 0 radical (unpaired) electrons. The highest BCUT2D eigenvalue weighted by atomic mass is 32.2. The van der Waals surface area contributed by atoms with Crippen molar-refractivity contribution in [2.24, 2.45) is 0 Å². The predicted molar refractivity (Wildman–Crippen MR) is 132 cm³/mol. The minimum Gasteiger partial charge on any atom is -0.306 e. The molecule has 0 spiro atoms. The van der Waals surface area contributed by atoms with Gasteiger partial charge in [-0.2, -0.15) is 0 Å². The van der Waals surface area contributed by atoms with Gasteiger partial charge in [-0.15, -0.1) is 0 Å². The third kappa shape index (κ3) is 4.10. The Hall–Kier alpha value is -3.24. The van der Waals surface area contributed by atoms with E-state index in [4.69, 9.17) is 4.98 Å². The highest BCUT2D eigenvalue weighted by Gasteiger charge is 2.48. The van der Waals surface area contributed by atoms with E-state index in [1.807, 2.05) is 18.2 Å². The molecule has 35 heavy (non-hydrogen) atoms. The Morgan fingerprint density at radius 3 is 2.46 bits per heavy atom. The van der Waals surface area contributed by atoms with Crippen LogP contribution in [-0.2, 0) is 37.7 Å². The SMILES string of the molecule is CS(=O)c1nccc(-c2c(-c3ccc(F)cc3)nc3n2C(C)(S(=O)(=O)Cc2ccccc2)CC3)n1. The first kappa shape index (κ1) is 23.5. The van der Waals surface area contributed by atoms with Gasteiger partial charge in [-0.05, 0) is 49.2 Å². The Bertz CT molecular complexity index is 1540. The standard InChI is InChI=1S/C25H23FN4O3S2/c1-25(35(32,33)16-17-6-4-3-5-7-17)14-12-21-29-22(18-8-10-19(26)11-9-18)23(30(21)25)20-13-15-27-24(28-20)34(2)31/h3-11,13,15H,12,14,16H2,1-2H3. The zero-order valence-electron chi connectivity index (χ0n) is 19.2. The largest absolute Gasteiger partial charge is 0.306 e. The number of hydrogen-bond donors (Lipinski definition) is 0. The van der Waals surface area contributed by atoms with E-state index in [9.17, 15) is 17.0 Å². The molecule has 2 unspecified atom stereocenters. The summed E-state index contributed by atoms with van der Waals surface area (Å²) >= 11 is 0. The van der Waals surface area contributed by atoms with Gasteiger partial charge in [0, 0.05) is 24.4 Å². The summed E-state index contributed by atoms with van der Waals surface area (Å²) in [6.07, 6.45) is 3.79. The molecule has 0 saturated heterocycles. The fraction of sp³-hybridized carbons (Fsp3) is 0.240. The molecule has 2 atom stereocenters. The number of nitrogens with zero attached hydrogens (tertiary/aromatic N) is 4. The van der Waals surface area contributed by atoms with Crippen LogP contribution < -0.4 is 0 Å². The third-order valence-corrected chi connectivity index (χ3v) is 9.50. The minimum absolute atomic E-state index is 0.124. The maximum atomic E-state index is 13.9. The van der Waals surface area contributed by atoms with Crippen molar-refractivity contribution in [3.63, 3.8) is 0 Å². The summed E-state index contributed by atoms with van der Waals surface area (Å²) in [5.41, 5.74) is 2.72. The molecule has 4 aromatic rings. The number of hydrogen-bond acceptors (Lipinski definition) is 6. The number of aromatic nitrogens is 4. The van der Waals surface area contributed by atoms with E-state index in [1.54, 1.807) is 41.8 Å². The Morgan fingerprint density at radius 2 is 1.77 bits per heavy atom. The molecule has 1 aliphatic rings. The highest BCUT2D eigenvalue weighted by Crippen LogP contribution is 2.45. The van der Waals surface area contributed by atoms with Crippen LogP contribution >= 0.6 is 0 Å². The fourth-order valence-electron chi connectivity index (χ4n) is 4.50. The van der Waals surface area contributed by atoms with Crippen molar-refractivity contribution < 1.29 is 17.0 Å². The van der Waals surface area contributed by atoms with Gasteiger partial charge in [0.25, 0.3) is 0 Å². The summed E-state index contributed by atoms with van der Waals surface area (Å²) in [6, 6.07) is 16.6. The number of halogens is 1. The van der Waals surface area contributed by atoms with Crippen LogP contribution in [0.1, 0.15) is 24.7 Å². The average molecular weight is 511 g/mol. The van der Waals surface area contributed by atoms with Crippen molar-refractivity contribution in [3.05, 3.63) is 84.1 Å². The first-order valence-corrected chi connectivity index (χ1v) is 14.2. The van der Waals surface area contributed by atoms with E-state index in [0.29, 0.717) is 46.9 Å². The molecule has 3 heterocycles. The number of sulfone groups is 1. The topological polar surface area (TPSA) is 94.8 Å². The maximum absolute atomic E-state index is 13.9. The van der Waals surface area contributed by atoms with E-state index >= 15 is 0 Å². The van der Waals surface area contributed by atoms with E-state index in [-0.39, 0.29) is 16.7 Å². The second kappa shape index (κ2) is 8.76. The lowest BCUT2D eigenvalue weighted by atomic mass is 10.1. The molecule has 10 heteroatoms. The molecule has 0 bridgehead atoms. The molecule has 5 rings (SSSR count). The average Bonchev–Trinajstić information content (AvgIpc) is 3.39. The molecular formula is C25H23FN4O3S2. The lowest BCUT2D eigenvalue weighted by Crippen LogP contribution is -2.37. The monoisotopic (exact) mass is 510 g/mol. The smallest absolute Gasteiger partial charge is 0.218 e. The van der Waals surface area contributed by atoms with E-state index < -0.39 is 25.5 Å². The maximum Gasteiger partial charge on any atom is 0.218 e. The molecule has 2 aromatic heterocycles. The zero-order chi connectivity index (χ0) is 24.8. The normalized spacial score (nSPS) is 18.4.